The minimum atomic E-state index is -0.617. The molecule has 1 aliphatic rings. The minimum Gasteiger partial charge on any atom is -0.337 e. The van der Waals surface area contributed by atoms with Crippen LogP contribution in [-0.4, -0.2) is 35.3 Å². The van der Waals surface area contributed by atoms with E-state index in [9.17, 15) is 4.79 Å². The van der Waals surface area contributed by atoms with Gasteiger partial charge in [0.05, 0.1) is 17.6 Å². The van der Waals surface area contributed by atoms with Crippen LogP contribution in [0.3, 0.4) is 0 Å². The molecule has 144 valence electrons. The van der Waals surface area contributed by atoms with Crippen LogP contribution < -0.4 is 0 Å². The molecule has 1 heterocycles. The van der Waals surface area contributed by atoms with Gasteiger partial charge >= 0.3 is 0 Å². The fraction of sp³-hybridized carbons (Fsp3) is 0.261. The summed E-state index contributed by atoms with van der Waals surface area (Å²) in [5.74, 6) is -0.452. The summed E-state index contributed by atoms with van der Waals surface area (Å²) in [5.41, 5.74) is 3.67. The second kappa shape index (κ2) is 8.08. The Hall–Kier alpha value is -3.77. The highest BCUT2D eigenvalue weighted by atomic mass is 16.2. The fourth-order valence-electron chi connectivity index (χ4n) is 3.39. The molecule has 0 spiro atoms. The maximum absolute atomic E-state index is 12.9. The van der Waals surface area contributed by atoms with Crippen molar-refractivity contribution in [2.45, 2.75) is 19.8 Å². The number of carbonyl (C=O) groups is 1. The third-order valence-corrected chi connectivity index (χ3v) is 5.44. The molecule has 6 nitrogen and oxygen atoms in total. The van der Waals surface area contributed by atoms with Crippen molar-refractivity contribution in [2.75, 3.05) is 13.1 Å². The molecule has 0 bridgehead atoms. The van der Waals surface area contributed by atoms with Gasteiger partial charge in [0.1, 0.15) is 11.8 Å². The monoisotopic (exact) mass is 383 g/mol. The molecule has 2 aromatic rings. The van der Waals surface area contributed by atoms with E-state index in [2.05, 4.69) is 6.07 Å². The molecule has 0 aliphatic carbocycles. The van der Waals surface area contributed by atoms with E-state index in [1.807, 2.05) is 19.1 Å². The average Bonchev–Trinajstić information content (AvgIpc) is 2.71. The normalized spacial score (nSPS) is 14.3. The van der Waals surface area contributed by atoms with Crippen LogP contribution in [0.4, 0.5) is 0 Å². The second-order valence-electron chi connectivity index (χ2n) is 7.33. The summed E-state index contributed by atoms with van der Waals surface area (Å²) in [5, 5.41) is 33.8. The average molecular weight is 383 g/mol. The summed E-state index contributed by atoms with van der Waals surface area (Å²) in [6.45, 7) is 4.73. The van der Waals surface area contributed by atoms with E-state index in [1.54, 1.807) is 48.2 Å². The van der Waals surface area contributed by atoms with Gasteiger partial charge in [-0.25, -0.2) is 0 Å². The molecule has 1 fully saturated rings. The van der Waals surface area contributed by atoms with Crippen LogP contribution in [0.25, 0.3) is 0 Å². The van der Waals surface area contributed by atoms with E-state index in [0.717, 1.165) is 11.1 Å². The fourth-order valence-corrected chi connectivity index (χ4v) is 3.39. The standard InChI is InChI=1S/C23H21N5O/c1-14-3-6-18(9-20(14)22(27)15(2)21(26)11-25)23(29)28-12-19(13-28)17-7-4-16(10-24)5-8-17/h3-9,15,19,26-27H,12-13H2,1-2H3. The summed E-state index contributed by atoms with van der Waals surface area (Å²) in [6.07, 6.45) is 0. The first-order chi connectivity index (χ1) is 13.8. The summed E-state index contributed by atoms with van der Waals surface area (Å²) in [6, 6.07) is 16.6. The molecule has 1 aliphatic heterocycles. The predicted molar refractivity (Wildman–Crippen MR) is 110 cm³/mol. The Balaban J connectivity index is 1.72. The van der Waals surface area contributed by atoms with Crippen molar-refractivity contribution >= 4 is 17.3 Å². The number of hydrogen-bond acceptors (Lipinski definition) is 5. The number of likely N-dealkylation sites (tertiary alicyclic amines) is 1. The van der Waals surface area contributed by atoms with Crippen LogP contribution >= 0.6 is 0 Å². The molecule has 6 heteroatoms. The van der Waals surface area contributed by atoms with E-state index >= 15 is 0 Å². The lowest BCUT2D eigenvalue weighted by atomic mass is 9.89. The summed E-state index contributed by atoms with van der Waals surface area (Å²) >= 11 is 0. The molecule has 0 radical (unpaired) electrons. The van der Waals surface area contributed by atoms with Crippen LogP contribution in [-0.2, 0) is 0 Å². The van der Waals surface area contributed by atoms with Gasteiger partial charge in [0, 0.05) is 30.3 Å². The topological polar surface area (TPSA) is 116 Å². The zero-order valence-electron chi connectivity index (χ0n) is 16.4. The van der Waals surface area contributed by atoms with Crippen molar-refractivity contribution in [1.29, 1.82) is 21.3 Å². The van der Waals surface area contributed by atoms with E-state index in [0.29, 0.717) is 29.8 Å². The number of nitrogens with one attached hydrogen (secondary N) is 2. The van der Waals surface area contributed by atoms with E-state index in [1.165, 1.54) is 0 Å². The Morgan fingerprint density at radius 2 is 1.79 bits per heavy atom. The van der Waals surface area contributed by atoms with Crippen LogP contribution in [0.1, 0.15) is 45.5 Å². The van der Waals surface area contributed by atoms with Gasteiger partial charge in [-0.3, -0.25) is 10.2 Å². The molecule has 1 saturated heterocycles. The zero-order chi connectivity index (χ0) is 21.1. The van der Waals surface area contributed by atoms with Crippen LogP contribution in [0.2, 0.25) is 0 Å². The highest BCUT2D eigenvalue weighted by molar-refractivity contribution is 6.18. The highest BCUT2D eigenvalue weighted by Gasteiger charge is 2.32. The summed E-state index contributed by atoms with van der Waals surface area (Å²) in [4.78, 5) is 14.6. The Labute approximate surface area is 170 Å². The van der Waals surface area contributed by atoms with Gasteiger partial charge in [0.25, 0.3) is 5.91 Å². The molecule has 0 aromatic heterocycles. The molecular formula is C23H21N5O. The first-order valence-electron chi connectivity index (χ1n) is 9.33. The van der Waals surface area contributed by atoms with E-state index in [4.69, 9.17) is 21.3 Å². The molecule has 0 saturated carbocycles. The van der Waals surface area contributed by atoms with E-state index < -0.39 is 5.92 Å². The van der Waals surface area contributed by atoms with Crippen molar-refractivity contribution in [1.82, 2.24) is 4.90 Å². The number of nitrogens with zero attached hydrogens (tertiary/aromatic N) is 3. The Morgan fingerprint density at radius 1 is 1.14 bits per heavy atom. The van der Waals surface area contributed by atoms with Crippen molar-refractivity contribution < 1.29 is 4.79 Å². The molecule has 3 rings (SSSR count). The first-order valence-corrected chi connectivity index (χ1v) is 9.33. The van der Waals surface area contributed by atoms with Crippen molar-refractivity contribution in [3.63, 3.8) is 0 Å². The Bertz CT molecular complexity index is 1070. The molecule has 1 amide bonds. The lowest BCUT2D eigenvalue weighted by Crippen LogP contribution is -2.48. The van der Waals surface area contributed by atoms with Crippen molar-refractivity contribution in [3.05, 3.63) is 70.3 Å². The summed E-state index contributed by atoms with van der Waals surface area (Å²) in [7, 11) is 0. The third kappa shape index (κ3) is 3.93. The summed E-state index contributed by atoms with van der Waals surface area (Å²) < 4.78 is 0. The number of carbonyl (C=O) groups excluding carboxylic acids is 1. The first kappa shape index (κ1) is 20.0. The largest absolute Gasteiger partial charge is 0.337 e. The highest BCUT2D eigenvalue weighted by Crippen LogP contribution is 2.29. The van der Waals surface area contributed by atoms with Gasteiger partial charge in [-0.15, -0.1) is 0 Å². The van der Waals surface area contributed by atoms with Crippen LogP contribution in [0.5, 0.6) is 0 Å². The molecule has 2 N–H and O–H groups in total. The number of nitriles is 2. The maximum atomic E-state index is 12.9. The molecule has 1 atom stereocenters. The number of rotatable bonds is 5. The van der Waals surface area contributed by atoms with E-state index in [-0.39, 0.29) is 23.2 Å². The van der Waals surface area contributed by atoms with Crippen molar-refractivity contribution in [2.24, 2.45) is 5.92 Å². The number of benzene rings is 2. The molecular weight excluding hydrogens is 362 g/mol. The zero-order valence-corrected chi connectivity index (χ0v) is 16.4. The lowest BCUT2D eigenvalue weighted by molar-refractivity contribution is 0.0602. The third-order valence-electron chi connectivity index (χ3n) is 5.44. The lowest BCUT2D eigenvalue weighted by Gasteiger charge is -2.39. The molecule has 2 aromatic carbocycles. The Kier molecular flexibility index (Phi) is 5.57. The molecule has 1 unspecified atom stereocenters. The predicted octanol–water partition coefficient (Wildman–Crippen LogP) is 3.65. The van der Waals surface area contributed by atoms with Gasteiger partial charge in [-0.1, -0.05) is 25.1 Å². The smallest absolute Gasteiger partial charge is 0.253 e. The van der Waals surface area contributed by atoms with Gasteiger partial charge in [-0.2, -0.15) is 10.5 Å². The maximum Gasteiger partial charge on any atom is 0.253 e. The van der Waals surface area contributed by atoms with Gasteiger partial charge in [0.15, 0.2) is 0 Å². The minimum absolute atomic E-state index is 0.0908. The van der Waals surface area contributed by atoms with Gasteiger partial charge in [-0.05, 0) is 47.9 Å². The van der Waals surface area contributed by atoms with Gasteiger partial charge in [0.2, 0.25) is 0 Å². The quantitative estimate of drug-likeness (QED) is 0.768. The number of amides is 1. The van der Waals surface area contributed by atoms with Crippen LogP contribution in [0.15, 0.2) is 42.5 Å². The number of aryl methyl sites for hydroxylation is 1. The molecule has 29 heavy (non-hydrogen) atoms. The SMILES string of the molecule is Cc1ccc(C(=O)N2CC(c3ccc(C#N)cc3)C2)cc1C(=N)C(C)C(=N)C#N. The number of hydrogen-bond donors (Lipinski definition) is 2. The van der Waals surface area contributed by atoms with Crippen molar-refractivity contribution in [3.8, 4) is 12.1 Å². The second-order valence-corrected chi connectivity index (χ2v) is 7.33. The Morgan fingerprint density at radius 3 is 2.38 bits per heavy atom. The van der Waals surface area contributed by atoms with Crippen LogP contribution in [0, 0.1) is 46.3 Å². The van der Waals surface area contributed by atoms with Gasteiger partial charge < -0.3 is 10.3 Å².